The lowest BCUT2D eigenvalue weighted by molar-refractivity contribution is 0.339. The fourth-order valence-electron chi connectivity index (χ4n) is 2.24. The van der Waals surface area contributed by atoms with Crippen molar-refractivity contribution in [1.82, 2.24) is 24.8 Å². The Bertz CT molecular complexity index is 739. The second-order valence-electron chi connectivity index (χ2n) is 5.11. The molecule has 0 aliphatic carbocycles. The Morgan fingerprint density at radius 2 is 2.00 bits per heavy atom. The van der Waals surface area contributed by atoms with Crippen LogP contribution in [-0.4, -0.2) is 45.0 Å². The van der Waals surface area contributed by atoms with E-state index in [2.05, 4.69) is 30.2 Å². The molecule has 1 aromatic carbocycles. The highest BCUT2D eigenvalue weighted by Crippen LogP contribution is 2.13. The van der Waals surface area contributed by atoms with Crippen LogP contribution in [0.3, 0.4) is 0 Å². The zero-order valence-electron chi connectivity index (χ0n) is 12.3. The van der Waals surface area contributed by atoms with Crippen molar-refractivity contribution in [2.75, 3.05) is 25.5 Å². The summed E-state index contributed by atoms with van der Waals surface area (Å²) in [5, 5.41) is 3.28. The molecule has 3 aromatic rings. The number of fused-ring (bicyclic) bond motifs is 1. The Morgan fingerprint density at radius 1 is 1.18 bits per heavy atom. The first kappa shape index (κ1) is 14.4. The summed E-state index contributed by atoms with van der Waals surface area (Å²) in [7, 11) is 2.02. The summed E-state index contributed by atoms with van der Waals surface area (Å²) in [5.41, 5.74) is 2.54. The smallest absolute Gasteiger partial charge is 0.182 e. The van der Waals surface area contributed by atoms with Crippen molar-refractivity contribution in [3.8, 4) is 0 Å². The molecule has 0 saturated carbocycles. The van der Waals surface area contributed by atoms with Crippen molar-refractivity contribution in [1.29, 1.82) is 0 Å². The molecular formula is C15H17FN6. The maximum absolute atomic E-state index is 12.9. The van der Waals surface area contributed by atoms with Crippen molar-refractivity contribution < 1.29 is 4.39 Å². The Labute approximate surface area is 127 Å². The average Bonchev–Trinajstić information content (AvgIpc) is 2.99. The standard InChI is InChI=1S/C15H17FN6/c1-22(8-11-2-4-12(16)5-3-11)7-6-17-14-13-15(19-9-18-13)21-10-20-14/h2-5,9-10H,6-8H2,1H3,(H2,17,18,19,20,21). The Morgan fingerprint density at radius 3 is 2.82 bits per heavy atom. The van der Waals surface area contributed by atoms with Gasteiger partial charge in [-0.15, -0.1) is 0 Å². The lowest BCUT2D eigenvalue weighted by atomic mass is 10.2. The molecule has 0 unspecified atom stereocenters. The van der Waals surface area contributed by atoms with E-state index in [0.717, 1.165) is 36.5 Å². The highest BCUT2D eigenvalue weighted by atomic mass is 19.1. The van der Waals surface area contributed by atoms with E-state index < -0.39 is 0 Å². The molecule has 0 radical (unpaired) electrons. The number of nitrogens with zero attached hydrogens (tertiary/aromatic N) is 4. The zero-order chi connectivity index (χ0) is 15.4. The molecular weight excluding hydrogens is 283 g/mol. The molecule has 2 heterocycles. The van der Waals surface area contributed by atoms with Gasteiger partial charge in [-0.2, -0.15) is 0 Å². The maximum Gasteiger partial charge on any atom is 0.182 e. The van der Waals surface area contributed by atoms with Crippen LogP contribution in [0.2, 0.25) is 0 Å². The number of benzene rings is 1. The minimum atomic E-state index is -0.208. The molecule has 0 fully saturated rings. The van der Waals surface area contributed by atoms with Crippen LogP contribution in [-0.2, 0) is 6.54 Å². The largest absolute Gasteiger partial charge is 0.367 e. The van der Waals surface area contributed by atoms with Gasteiger partial charge < -0.3 is 15.2 Å². The van der Waals surface area contributed by atoms with E-state index in [4.69, 9.17) is 0 Å². The third kappa shape index (κ3) is 3.37. The third-order valence-electron chi connectivity index (χ3n) is 3.37. The van der Waals surface area contributed by atoms with E-state index >= 15 is 0 Å². The minimum absolute atomic E-state index is 0.208. The van der Waals surface area contributed by atoms with Crippen LogP contribution < -0.4 is 5.32 Å². The average molecular weight is 300 g/mol. The third-order valence-corrected chi connectivity index (χ3v) is 3.37. The fourth-order valence-corrected chi connectivity index (χ4v) is 2.24. The summed E-state index contributed by atoms with van der Waals surface area (Å²) >= 11 is 0. The molecule has 2 aromatic heterocycles. The molecule has 7 heteroatoms. The highest BCUT2D eigenvalue weighted by Gasteiger charge is 2.06. The quantitative estimate of drug-likeness (QED) is 0.729. The van der Waals surface area contributed by atoms with E-state index in [-0.39, 0.29) is 5.82 Å². The van der Waals surface area contributed by atoms with Gasteiger partial charge in [-0.3, -0.25) is 0 Å². The summed E-state index contributed by atoms with van der Waals surface area (Å²) in [6.07, 6.45) is 3.10. The first-order chi connectivity index (χ1) is 10.7. The molecule has 6 nitrogen and oxygen atoms in total. The number of aromatic nitrogens is 4. The van der Waals surface area contributed by atoms with Crippen LogP contribution in [0, 0.1) is 5.82 Å². The van der Waals surface area contributed by atoms with Gasteiger partial charge in [-0.05, 0) is 24.7 Å². The van der Waals surface area contributed by atoms with Gasteiger partial charge >= 0.3 is 0 Å². The number of anilines is 1. The summed E-state index contributed by atoms with van der Waals surface area (Å²) in [6, 6.07) is 6.57. The Hall–Kier alpha value is -2.54. The van der Waals surface area contributed by atoms with Crippen molar-refractivity contribution >= 4 is 17.0 Å². The number of hydrogen-bond donors (Lipinski definition) is 2. The van der Waals surface area contributed by atoms with E-state index in [1.807, 2.05) is 7.05 Å². The van der Waals surface area contributed by atoms with Crippen LogP contribution in [0.15, 0.2) is 36.9 Å². The van der Waals surface area contributed by atoms with Gasteiger partial charge in [0.15, 0.2) is 11.5 Å². The molecule has 22 heavy (non-hydrogen) atoms. The summed E-state index contributed by atoms with van der Waals surface area (Å²) < 4.78 is 12.9. The van der Waals surface area contributed by atoms with Gasteiger partial charge in [0.1, 0.15) is 17.7 Å². The van der Waals surface area contributed by atoms with Crippen molar-refractivity contribution in [3.05, 3.63) is 48.3 Å². The molecule has 2 N–H and O–H groups in total. The van der Waals surface area contributed by atoms with Gasteiger partial charge in [0.25, 0.3) is 0 Å². The normalized spacial score (nSPS) is 11.2. The Kier molecular flexibility index (Phi) is 4.24. The first-order valence-corrected chi connectivity index (χ1v) is 7.03. The minimum Gasteiger partial charge on any atom is -0.367 e. The SMILES string of the molecule is CN(CCNc1ncnc2nc[nH]c12)Cc1ccc(F)cc1. The van der Waals surface area contributed by atoms with Gasteiger partial charge in [-0.1, -0.05) is 12.1 Å². The summed E-state index contributed by atoms with van der Waals surface area (Å²) in [5.74, 6) is 0.540. The van der Waals surface area contributed by atoms with Gasteiger partial charge in [0, 0.05) is 19.6 Å². The van der Waals surface area contributed by atoms with E-state index in [0.29, 0.717) is 5.65 Å². The van der Waals surface area contributed by atoms with Crippen LogP contribution >= 0.6 is 0 Å². The van der Waals surface area contributed by atoms with Crippen LogP contribution in [0.1, 0.15) is 5.56 Å². The van der Waals surface area contributed by atoms with Gasteiger partial charge in [-0.25, -0.2) is 19.3 Å². The van der Waals surface area contributed by atoms with Gasteiger partial charge in [0.2, 0.25) is 0 Å². The molecule has 0 atom stereocenters. The van der Waals surface area contributed by atoms with Crippen molar-refractivity contribution in [2.45, 2.75) is 6.54 Å². The summed E-state index contributed by atoms with van der Waals surface area (Å²) in [4.78, 5) is 17.6. The fraction of sp³-hybridized carbons (Fsp3) is 0.267. The molecule has 0 amide bonds. The Balaban J connectivity index is 1.52. The number of halogens is 1. The van der Waals surface area contributed by atoms with Crippen LogP contribution in [0.5, 0.6) is 0 Å². The topological polar surface area (TPSA) is 69.7 Å². The lowest BCUT2D eigenvalue weighted by Crippen LogP contribution is -2.25. The number of aromatic amines is 1. The number of hydrogen-bond acceptors (Lipinski definition) is 5. The molecule has 0 spiro atoms. The second-order valence-corrected chi connectivity index (χ2v) is 5.11. The van der Waals surface area contributed by atoms with Crippen LogP contribution in [0.25, 0.3) is 11.2 Å². The van der Waals surface area contributed by atoms with Crippen LogP contribution in [0.4, 0.5) is 10.2 Å². The number of nitrogens with one attached hydrogen (secondary N) is 2. The zero-order valence-corrected chi connectivity index (χ0v) is 12.3. The molecule has 0 bridgehead atoms. The lowest BCUT2D eigenvalue weighted by Gasteiger charge is -2.17. The summed E-state index contributed by atoms with van der Waals surface area (Å²) in [6.45, 7) is 2.34. The molecule has 0 aliphatic rings. The highest BCUT2D eigenvalue weighted by molar-refractivity contribution is 5.81. The molecule has 3 rings (SSSR count). The number of rotatable bonds is 6. The van der Waals surface area contributed by atoms with Crippen molar-refractivity contribution in [3.63, 3.8) is 0 Å². The van der Waals surface area contributed by atoms with Gasteiger partial charge in [0.05, 0.1) is 6.33 Å². The number of likely N-dealkylation sites (N-methyl/N-ethyl adjacent to an activating group) is 1. The van der Waals surface area contributed by atoms with E-state index in [1.165, 1.54) is 18.5 Å². The number of imidazole rings is 1. The predicted molar refractivity (Wildman–Crippen MR) is 82.9 cm³/mol. The monoisotopic (exact) mass is 300 g/mol. The molecule has 0 aliphatic heterocycles. The molecule has 0 saturated heterocycles. The maximum atomic E-state index is 12.9. The number of H-pyrrole nitrogens is 1. The first-order valence-electron chi connectivity index (χ1n) is 7.03. The second kappa shape index (κ2) is 6.48. The predicted octanol–water partition coefficient (Wildman–Crippen LogP) is 2.04. The molecule has 114 valence electrons. The van der Waals surface area contributed by atoms with E-state index in [9.17, 15) is 4.39 Å². The van der Waals surface area contributed by atoms with Crippen molar-refractivity contribution in [2.24, 2.45) is 0 Å². The van der Waals surface area contributed by atoms with E-state index in [1.54, 1.807) is 18.5 Å².